The maximum Gasteiger partial charge on any atom is 0.115 e. The largest absolute Gasteiger partial charge is 0.508 e. The van der Waals surface area contributed by atoms with E-state index >= 15 is 0 Å². The van der Waals surface area contributed by atoms with E-state index in [0.717, 1.165) is 39.0 Å². The van der Waals surface area contributed by atoms with Crippen molar-refractivity contribution in [3.05, 3.63) is 58.7 Å². The van der Waals surface area contributed by atoms with Crippen LogP contribution in [0.4, 0.5) is 0 Å². The molecule has 0 aliphatic carbocycles. The lowest BCUT2D eigenvalue weighted by atomic mass is 9.98. The van der Waals surface area contributed by atoms with Gasteiger partial charge in [-0.15, -0.1) is 0 Å². The maximum atomic E-state index is 10.6. The fourth-order valence-electron chi connectivity index (χ4n) is 4.16. The lowest BCUT2D eigenvalue weighted by Crippen LogP contribution is -2.43. The number of aromatic hydroxyl groups is 2. The molecule has 3 N–H and O–H groups in total. The third-order valence-corrected chi connectivity index (χ3v) is 5.50. The summed E-state index contributed by atoms with van der Waals surface area (Å²) in [5.74, 6) is 0.659. The van der Waals surface area contributed by atoms with Crippen LogP contribution in [-0.2, 0) is 25.9 Å². The van der Waals surface area contributed by atoms with Crippen LogP contribution in [0.1, 0.15) is 22.3 Å². The van der Waals surface area contributed by atoms with Crippen molar-refractivity contribution in [3.8, 4) is 11.5 Å². The van der Waals surface area contributed by atoms with E-state index in [1.54, 1.807) is 12.1 Å². The summed E-state index contributed by atoms with van der Waals surface area (Å²) in [6.45, 7) is 4.81. The van der Waals surface area contributed by atoms with Gasteiger partial charge < -0.3 is 15.3 Å². The maximum absolute atomic E-state index is 10.6. The number of rotatable bonds is 4. The molecular formula is C21H26N2O3. The van der Waals surface area contributed by atoms with Crippen molar-refractivity contribution < 1.29 is 15.3 Å². The third-order valence-electron chi connectivity index (χ3n) is 5.50. The molecule has 0 amide bonds. The van der Waals surface area contributed by atoms with Gasteiger partial charge in [0.2, 0.25) is 0 Å². The zero-order valence-corrected chi connectivity index (χ0v) is 14.9. The number of phenols is 2. The SMILES string of the molecule is Oc1ccc2c(c1)CCN(CC(O)CN1CCc3cc(O)ccc3C1)C2. The predicted octanol–water partition coefficient (Wildman–Crippen LogP) is 1.88. The van der Waals surface area contributed by atoms with Gasteiger partial charge in [0, 0.05) is 39.3 Å². The van der Waals surface area contributed by atoms with E-state index in [1.807, 2.05) is 24.3 Å². The van der Waals surface area contributed by atoms with Gasteiger partial charge in [-0.25, -0.2) is 0 Å². The van der Waals surface area contributed by atoms with Gasteiger partial charge in [-0.2, -0.15) is 0 Å². The van der Waals surface area contributed by atoms with Gasteiger partial charge >= 0.3 is 0 Å². The average Bonchev–Trinajstić information content (AvgIpc) is 2.62. The van der Waals surface area contributed by atoms with Crippen LogP contribution in [-0.4, -0.2) is 57.4 Å². The highest BCUT2D eigenvalue weighted by atomic mass is 16.3. The number of benzene rings is 2. The molecule has 2 aromatic rings. The van der Waals surface area contributed by atoms with Gasteiger partial charge in [0.05, 0.1) is 6.10 Å². The quantitative estimate of drug-likeness (QED) is 0.782. The summed E-state index contributed by atoms with van der Waals surface area (Å²) in [6.07, 6.45) is 1.45. The minimum absolute atomic E-state index is 0.330. The van der Waals surface area contributed by atoms with Crippen LogP contribution in [0.5, 0.6) is 11.5 Å². The van der Waals surface area contributed by atoms with Crippen molar-refractivity contribution in [3.63, 3.8) is 0 Å². The first kappa shape index (κ1) is 17.3. The van der Waals surface area contributed by atoms with Crippen LogP contribution in [0.2, 0.25) is 0 Å². The summed E-state index contributed by atoms with van der Waals surface area (Å²) in [6, 6.07) is 11.2. The summed E-state index contributed by atoms with van der Waals surface area (Å²) in [5.41, 5.74) is 4.92. The van der Waals surface area contributed by atoms with Gasteiger partial charge in [-0.1, -0.05) is 12.1 Å². The van der Waals surface area contributed by atoms with Crippen LogP contribution < -0.4 is 0 Å². The van der Waals surface area contributed by atoms with Crippen LogP contribution in [0.25, 0.3) is 0 Å². The number of aliphatic hydroxyl groups is 1. The highest BCUT2D eigenvalue weighted by Gasteiger charge is 2.22. The van der Waals surface area contributed by atoms with E-state index in [4.69, 9.17) is 0 Å². The number of phenolic OH excluding ortho intramolecular Hbond substituents is 2. The number of nitrogens with zero attached hydrogens (tertiary/aromatic N) is 2. The van der Waals surface area contributed by atoms with Gasteiger partial charge in [-0.3, -0.25) is 9.80 Å². The summed E-state index contributed by atoms with van der Waals surface area (Å²) >= 11 is 0. The Hall–Kier alpha value is -2.08. The summed E-state index contributed by atoms with van der Waals surface area (Å²) < 4.78 is 0. The molecule has 0 radical (unpaired) electrons. The average molecular weight is 354 g/mol. The molecule has 0 spiro atoms. The molecule has 0 saturated heterocycles. The van der Waals surface area contributed by atoms with E-state index < -0.39 is 0 Å². The molecule has 2 aromatic carbocycles. The van der Waals surface area contributed by atoms with Crippen LogP contribution in [0.3, 0.4) is 0 Å². The Labute approximate surface area is 154 Å². The first-order valence-corrected chi connectivity index (χ1v) is 9.31. The van der Waals surface area contributed by atoms with Gasteiger partial charge in [-0.05, 0) is 59.4 Å². The minimum atomic E-state index is -0.382. The molecule has 0 unspecified atom stereocenters. The van der Waals surface area contributed by atoms with Crippen molar-refractivity contribution >= 4 is 0 Å². The number of β-amino-alcohol motifs (C(OH)–C–C–N with tert-alkyl or cyclic N) is 1. The van der Waals surface area contributed by atoms with Crippen LogP contribution >= 0.6 is 0 Å². The molecule has 0 saturated carbocycles. The van der Waals surface area contributed by atoms with Gasteiger partial charge in [0.25, 0.3) is 0 Å². The Morgan fingerprint density at radius 2 is 1.19 bits per heavy atom. The number of aliphatic hydroxyl groups excluding tert-OH is 1. The number of hydrogen-bond donors (Lipinski definition) is 3. The molecule has 0 atom stereocenters. The fraction of sp³-hybridized carbons (Fsp3) is 0.429. The lowest BCUT2D eigenvalue weighted by Gasteiger charge is -2.34. The molecule has 138 valence electrons. The van der Waals surface area contributed by atoms with Gasteiger partial charge in [0.15, 0.2) is 0 Å². The summed E-state index contributed by atoms with van der Waals surface area (Å²) in [7, 11) is 0. The second kappa shape index (κ2) is 7.27. The number of hydrogen-bond acceptors (Lipinski definition) is 5. The smallest absolute Gasteiger partial charge is 0.115 e. The third kappa shape index (κ3) is 3.85. The Morgan fingerprint density at radius 1 is 0.731 bits per heavy atom. The molecule has 2 aliphatic heterocycles. The van der Waals surface area contributed by atoms with E-state index in [1.165, 1.54) is 22.3 Å². The van der Waals surface area contributed by atoms with Crippen molar-refractivity contribution in [1.29, 1.82) is 0 Å². The van der Waals surface area contributed by atoms with Crippen LogP contribution in [0, 0.1) is 0 Å². The standard InChI is InChI=1S/C21H26N2O3/c24-19-3-1-17-11-22(7-5-15(17)9-19)13-21(26)14-23-8-6-16-10-20(25)4-2-18(16)12-23/h1-4,9-10,21,24-26H,5-8,11-14H2. The molecule has 0 bridgehead atoms. The fourth-order valence-corrected chi connectivity index (χ4v) is 4.16. The zero-order chi connectivity index (χ0) is 18.1. The van der Waals surface area contributed by atoms with E-state index in [2.05, 4.69) is 9.80 Å². The Morgan fingerprint density at radius 3 is 1.65 bits per heavy atom. The first-order chi connectivity index (χ1) is 12.6. The monoisotopic (exact) mass is 354 g/mol. The highest BCUT2D eigenvalue weighted by molar-refractivity contribution is 5.37. The second-order valence-corrected chi connectivity index (χ2v) is 7.53. The van der Waals surface area contributed by atoms with Crippen molar-refractivity contribution in [2.24, 2.45) is 0 Å². The Kier molecular flexibility index (Phi) is 4.85. The molecule has 5 nitrogen and oxygen atoms in total. The first-order valence-electron chi connectivity index (χ1n) is 9.31. The van der Waals surface area contributed by atoms with E-state index in [0.29, 0.717) is 24.6 Å². The number of fused-ring (bicyclic) bond motifs is 2. The van der Waals surface area contributed by atoms with E-state index in [-0.39, 0.29) is 6.10 Å². The lowest BCUT2D eigenvalue weighted by molar-refractivity contribution is 0.0648. The molecule has 0 aromatic heterocycles. The zero-order valence-electron chi connectivity index (χ0n) is 14.9. The van der Waals surface area contributed by atoms with Gasteiger partial charge in [0.1, 0.15) is 11.5 Å². The summed E-state index contributed by atoms with van der Waals surface area (Å²) in [4.78, 5) is 4.58. The normalized spacial score (nSPS) is 17.9. The molecule has 4 rings (SSSR count). The van der Waals surface area contributed by atoms with E-state index in [9.17, 15) is 15.3 Å². The Bertz CT molecular complexity index is 727. The topological polar surface area (TPSA) is 67.2 Å². The molecule has 26 heavy (non-hydrogen) atoms. The molecule has 2 heterocycles. The molecule has 0 fully saturated rings. The summed E-state index contributed by atoms with van der Waals surface area (Å²) in [5, 5.41) is 29.8. The Balaban J connectivity index is 1.31. The molecular weight excluding hydrogens is 328 g/mol. The minimum Gasteiger partial charge on any atom is -0.508 e. The molecule has 5 heteroatoms. The van der Waals surface area contributed by atoms with Crippen LogP contribution in [0.15, 0.2) is 36.4 Å². The van der Waals surface area contributed by atoms with Crippen molar-refractivity contribution in [2.45, 2.75) is 32.0 Å². The predicted molar refractivity (Wildman–Crippen MR) is 100 cm³/mol. The van der Waals surface area contributed by atoms with Crippen molar-refractivity contribution in [2.75, 3.05) is 26.2 Å². The second-order valence-electron chi connectivity index (χ2n) is 7.53. The van der Waals surface area contributed by atoms with Crippen molar-refractivity contribution in [1.82, 2.24) is 9.80 Å². The highest BCUT2D eigenvalue weighted by Crippen LogP contribution is 2.25. The molecule has 2 aliphatic rings.